The Kier molecular flexibility index (Phi) is 6.28. The van der Waals surface area contributed by atoms with Crippen molar-refractivity contribution < 1.29 is 19.0 Å². The quantitative estimate of drug-likeness (QED) is 0.450. The molecule has 0 saturated carbocycles. The zero-order valence-electron chi connectivity index (χ0n) is 17.6. The Morgan fingerprint density at radius 3 is 2.68 bits per heavy atom. The van der Waals surface area contributed by atoms with Gasteiger partial charge in [-0.25, -0.2) is 0 Å². The van der Waals surface area contributed by atoms with Gasteiger partial charge in [0, 0.05) is 28.2 Å². The number of fused-ring (bicyclic) bond motifs is 1. The molecule has 0 unspecified atom stereocenters. The van der Waals surface area contributed by atoms with E-state index in [1.54, 1.807) is 24.5 Å². The largest absolute Gasteiger partial charge is 0.497 e. The number of rotatable bonds is 8. The molecule has 1 atom stereocenters. The van der Waals surface area contributed by atoms with Crippen LogP contribution in [0.2, 0.25) is 0 Å². The van der Waals surface area contributed by atoms with Crippen LogP contribution < -0.4 is 19.5 Å². The fourth-order valence-corrected chi connectivity index (χ4v) is 4.92. The van der Waals surface area contributed by atoms with Crippen molar-refractivity contribution in [3.63, 3.8) is 0 Å². The number of hydrogen-bond acceptors (Lipinski definition) is 5. The van der Waals surface area contributed by atoms with Crippen LogP contribution in [0.25, 0.3) is 11.1 Å². The van der Waals surface area contributed by atoms with E-state index < -0.39 is 0 Å². The molecule has 1 aromatic heterocycles. The number of hydrogen-bond donors (Lipinski definition) is 1. The third kappa shape index (κ3) is 4.30. The summed E-state index contributed by atoms with van der Waals surface area (Å²) in [4.78, 5) is 13.8. The van der Waals surface area contributed by atoms with Crippen molar-refractivity contribution in [1.29, 1.82) is 0 Å². The van der Waals surface area contributed by atoms with Crippen LogP contribution in [-0.4, -0.2) is 26.2 Å². The normalized spacial score (nSPS) is 15.0. The summed E-state index contributed by atoms with van der Waals surface area (Å²) in [5.74, 6) is 2.14. The zero-order chi connectivity index (χ0) is 21.8. The van der Waals surface area contributed by atoms with Crippen molar-refractivity contribution >= 4 is 22.9 Å². The number of carbonyl (C=O) groups is 1. The zero-order valence-corrected chi connectivity index (χ0v) is 18.5. The molecule has 0 bridgehead atoms. The van der Waals surface area contributed by atoms with E-state index in [4.69, 9.17) is 14.2 Å². The fraction of sp³-hybridized carbons (Fsp3) is 0.240. The Labute approximate surface area is 186 Å². The van der Waals surface area contributed by atoms with E-state index in [1.807, 2.05) is 49.4 Å². The lowest BCUT2D eigenvalue weighted by Crippen LogP contribution is -2.22. The molecule has 0 radical (unpaired) electrons. The van der Waals surface area contributed by atoms with Gasteiger partial charge in [-0.1, -0.05) is 30.9 Å². The van der Waals surface area contributed by atoms with Gasteiger partial charge in [-0.15, -0.1) is 11.3 Å². The molecule has 6 heteroatoms. The average Bonchev–Trinajstić information content (AvgIpc) is 3.21. The van der Waals surface area contributed by atoms with Gasteiger partial charge in [0.25, 0.3) is 0 Å². The Morgan fingerprint density at radius 2 is 1.97 bits per heavy atom. The lowest BCUT2D eigenvalue weighted by Gasteiger charge is -2.25. The maximum Gasteiger partial charge on any atom is 0.225 e. The van der Waals surface area contributed by atoms with Crippen molar-refractivity contribution in [2.45, 2.75) is 19.3 Å². The molecule has 0 aliphatic carbocycles. The number of benzene rings is 2. The minimum Gasteiger partial charge on any atom is -0.497 e. The maximum absolute atomic E-state index is 12.6. The highest BCUT2D eigenvalue weighted by atomic mass is 32.1. The summed E-state index contributed by atoms with van der Waals surface area (Å²) >= 11 is 1.67. The van der Waals surface area contributed by atoms with Crippen LogP contribution in [0, 0.1) is 0 Å². The first-order valence-corrected chi connectivity index (χ1v) is 11.1. The fourth-order valence-electron chi connectivity index (χ4n) is 3.76. The van der Waals surface area contributed by atoms with Crippen LogP contribution in [0.3, 0.4) is 0 Å². The minimum atomic E-state index is -0.0339. The summed E-state index contributed by atoms with van der Waals surface area (Å²) in [5.41, 5.74) is 3.99. The van der Waals surface area contributed by atoms with Gasteiger partial charge in [0.05, 0.1) is 19.4 Å². The molecular formula is C25H25NO4S. The number of methoxy groups -OCH3 is 1. The topological polar surface area (TPSA) is 56.8 Å². The Hall–Kier alpha value is -3.25. The summed E-state index contributed by atoms with van der Waals surface area (Å²) in [6, 6.07) is 13.8. The van der Waals surface area contributed by atoms with Crippen LogP contribution in [0.4, 0.5) is 5.69 Å². The number of anilines is 1. The van der Waals surface area contributed by atoms with Crippen molar-refractivity contribution in [2.24, 2.45) is 0 Å². The third-order valence-electron chi connectivity index (χ3n) is 5.22. The van der Waals surface area contributed by atoms with E-state index in [1.165, 1.54) is 0 Å². The van der Waals surface area contributed by atoms with Crippen LogP contribution in [0.1, 0.15) is 29.7 Å². The Balaban J connectivity index is 1.71. The Morgan fingerprint density at radius 1 is 1.16 bits per heavy atom. The monoisotopic (exact) mass is 435 g/mol. The number of amides is 1. The van der Waals surface area contributed by atoms with E-state index >= 15 is 0 Å². The second kappa shape index (κ2) is 9.27. The van der Waals surface area contributed by atoms with Gasteiger partial charge in [0.2, 0.25) is 5.91 Å². The van der Waals surface area contributed by atoms with Gasteiger partial charge in [-0.3, -0.25) is 4.79 Å². The van der Waals surface area contributed by atoms with Gasteiger partial charge >= 0.3 is 0 Å². The van der Waals surface area contributed by atoms with Crippen molar-refractivity contribution in [3.8, 4) is 28.4 Å². The van der Waals surface area contributed by atoms with Crippen molar-refractivity contribution in [1.82, 2.24) is 0 Å². The highest BCUT2D eigenvalue weighted by Crippen LogP contribution is 2.47. The summed E-state index contributed by atoms with van der Waals surface area (Å²) < 4.78 is 16.8. The molecule has 1 amide bonds. The second-order valence-corrected chi connectivity index (χ2v) is 8.07. The van der Waals surface area contributed by atoms with Gasteiger partial charge in [-0.2, -0.15) is 0 Å². The van der Waals surface area contributed by atoms with E-state index in [0.29, 0.717) is 31.1 Å². The molecule has 2 heterocycles. The molecule has 2 aromatic carbocycles. The Bertz CT molecular complexity index is 1090. The summed E-state index contributed by atoms with van der Waals surface area (Å²) in [5, 5.41) is 5.19. The van der Waals surface area contributed by atoms with E-state index in [2.05, 4.69) is 17.3 Å². The number of ether oxygens (including phenoxy) is 3. The molecular weight excluding hydrogens is 410 g/mol. The maximum atomic E-state index is 12.6. The third-order valence-corrected chi connectivity index (χ3v) is 6.31. The van der Waals surface area contributed by atoms with Crippen molar-refractivity contribution in [3.05, 3.63) is 70.9 Å². The highest BCUT2D eigenvalue weighted by Gasteiger charge is 2.31. The molecule has 0 fully saturated rings. The number of nitrogens with one attached hydrogen (secondary N) is 1. The lowest BCUT2D eigenvalue weighted by molar-refractivity contribution is -0.116. The molecule has 3 aromatic rings. The minimum absolute atomic E-state index is 0.00982. The lowest BCUT2D eigenvalue weighted by atomic mass is 9.89. The molecule has 1 N–H and O–H groups in total. The van der Waals surface area contributed by atoms with E-state index in [0.717, 1.165) is 33.0 Å². The average molecular weight is 436 g/mol. The van der Waals surface area contributed by atoms with E-state index in [-0.39, 0.29) is 11.8 Å². The smallest absolute Gasteiger partial charge is 0.225 e. The molecule has 31 heavy (non-hydrogen) atoms. The molecule has 1 aliphatic heterocycles. The van der Waals surface area contributed by atoms with E-state index in [9.17, 15) is 4.79 Å². The first kappa shape index (κ1) is 21.0. The van der Waals surface area contributed by atoms with Crippen LogP contribution in [0.5, 0.6) is 17.2 Å². The first-order valence-electron chi connectivity index (χ1n) is 10.2. The molecule has 0 saturated heterocycles. The molecule has 5 nitrogen and oxygen atoms in total. The SMILES string of the molecule is C=CCOc1ccc([C@@H]2CC(=O)Nc3c(-c4ccc(OC)cc4)csc32)cc1OCC. The molecule has 0 spiro atoms. The molecule has 4 rings (SSSR count). The molecule has 160 valence electrons. The summed E-state index contributed by atoms with van der Waals surface area (Å²) in [6.07, 6.45) is 2.10. The standard InChI is InChI=1S/C25H25NO4S/c1-4-12-30-21-11-8-17(13-22(21)29-5-2)19-14-23(27)26-24-20(15-31-25(19)24)16-6-9-18(28-3)10-7-16/h4,6-11,13,15,19H,1,5,12,14H2,2-3H3,(H,26,27)/t19-/m0/s1. The van der Waals surface area contributed by atoms with Gasteiger partial charge in [0.1, 0.15) is 12.4 Å². The highest BCUT2D eigenvalue weighted by molar-refractivity contribution is 7.11. The van der Waals surface area contributed by atoms with Gasteiger partial charge in [0.15, 0.2) is 11.5 Å². The first-order chi connectivity index (χ1) is 15.1. The second-order valence-electron chi connectivity index (χ2n) is 7.16. The molecule has 1 aliphatic rings. The summed E-state index contributed by atoms with van der Waals surface area (Å²) in [6.45, 7) is 6.58. The predicted molar refractivity (Wildman–Crippen MR) is 125 cm³/mol. The summed E-state index contributed by atoms with van der Waals surface area (Å²) in [7, 11) is 1.65. The van der Waals surface area contributed by atoms with Gasteiger partial charge < -0.3 is 19.5 Å². The van der Waals surface area contributed by atoms with Crippen LogP contribution in [0.15, 0.2) is 60.5 Å². The van der Waals surface area contributed by atoms with Gasteiger partial charge in [-0.05, 0) is 42.3 Å². The van der Waals surface area contributed by atoms with Crippen molar-refractivity contribution in [2.75, 3.05) is 25.6 Å². The van der Waals surface area contributed by atoms with Crippen LogP contribution >= 0.6 is 11.3 Å². The van der Waals surface area contributed by atoms with Crippen LogP contribution in [-0.2, 0) is 4.79 Å². The number of thiophene rings is 1. The predicted octanol–water partition coefficient (Wildman–Crippen LogP) is 5.86. The number of carbonyl (C=O) groups excluding carboxylic acids is 1.